The van der Waals surface area contributed by atoms with Crippen molar-refractivity contribution in [2.75, 3.05) is 0 Å². The lowest BCUT2D eigenvalue weighted by atomic mass is 10.2. The highest BCUT2D eigenvalue weighted by Crippen LogP contribution is 2.17. The molecule has 0 aliphatic heterocycles. The highest BCUT2D eigenvalue weighted by atomic mass is 16.5. The summed E-state index contributed by atoms with van der Waals surface area (Å²) in [6.45, 7) is 2.44. The number of aryl methyl sites for hydroxylation is 1. The number of rotatable bonds is 7. The number of nitrogens with zero attached hydrogens (tertiary/aromatic N) is 5. The standard InChI is InChI=1S/C24H20N6O3/c1-16-5-6-21-27-19(14-30(21)13-16)15-32-20-4-2-3-18(11-20)24(31)26-12-22-28-23(29-33-22)17-7-9-25-10-8-17/h2-11,13-14H,12,15H2,1H3,(H,26,31). The molecule has 0 fully saturated rings. The van der Waals surface area contributed by atoms with Gasteiger partial charge < -0.3 is 19.0 Å². The molecule has 0 unspecified atom stereocenters. The van der Waals surface area contributed by atoms with E-state index in [-0.39, 0.29) is 12.5 Å². The third-order valence-corrected chi connectivity index (χ3v) is 4.94. The number of aromatic nitrogens is 5. The van der Waals surface area contributed by atoms with Crippen molar-refractivity contribution in [3.8, 4) is 17.1 Å². The molecule has 0 bridgehead atoms. The van der Waals surface area contributed by atoms with E-state index in [0.29, 0.717) is 29.6 Å². The fourth-order valence-electron chi connectivity index (χ4n) is 3.31. The quantitative estimate of drug-likeness (QED) is 0.412. The molecule has 0 atom stereocenters. The molecule has 0 saturated carbocycles. The van der Waals surface area contributed by atoms with Crippen LogP contribution in [0, 0.1) is 6.92 Å². The van der Waals surface area contributed by atoms with Gasteiger partial charge in [0.15, 0.2) is 0 Å². The first kappa shape index (κ1) is 20.4. The Hall–Kier alpha value is -4.53. The van der Waals surface area contributed by atoms with Gasteiger partial charge in [-0.15, -0.1) is 0 Å². The molecule has 33 heavy (non-hydrogen) atoms. The molecule has 0 aliphatic rings. The Kier molecular flexibility index (Phi) is 5.50. The molecule has 1 N–H and O–H groups in total. The van der Waals surface area contributed by atoms with Crippen molar-refractivity contribution in [3.63, 3.8) is 0 Å². The second-order valence-corrected chi connectivity index (χ2v) is 7.45. The van der Waals surface area contributed by atoms with E-state index in [2.05, 4.69) is 25.4 Å². The Morgan fingerprint density at radius 3 is 2.85 bits per heavy atom. The number of amides is 1. The molecule has 0 saturated heterocycles. The monoisotopic (exact) mass is 440 g/mol. The molecule has 4 heterocycles. The molecular weight excluding hydrogens is 420 g/mol. The zero-order valence-corrected chi connectivity index (χ0v) is 17.8. The summed E-state index contributed by atoms with van der Waals surface area (Å²) in [5.74, 6) is 1.06. The van der Waals surface area contributed by atoms with E-state index in [0.717, 1.165) is 22.5 Å². The average Bonchev–Trinajstić information content (AvgIpc) is 3.48. The van der Waals surface area contributed by atoms with Gasteiger partial charge in [-0.1, -0.05) is 17.3 Å². The van der Waals surface area contributed by atoms with E-state index in [1.807, 2.05) is 35.9 Å². The maximum atomic E-state index is 12.6. The number of carbonyl (C=O) groups excluding carboxylic acids is 1. The largest absolute Gasteiger partial charge is 0.487 e. The van der Waals surface area contributed by atoms with Crippen LogP contribution in [0.15, 0.2) is 77.8 Å². The number of hydrogen-bond donors (Lipinski definition) is 1. The van der Waals surface area contributed by atoms with Crippen molar-refractivity contribution in [1.82, 2.24) is 29.8 Å². The molecule has 5 rings (SSSR count). The van der Waals surface area contributed by atoms with E-state index in [9.17, 15) is 4.79 Å². The van der Waals surface area contributed by atoms with Crippen molar-refractivity contribution in [2.45, 2.75) is 20.1 Å². The lowest BCUT2D eigenvalue weighted by Crippen LogP contribution is -2.22. The van der Waals surface area contributed by atoms with Crippen molar-refractivity contribution in [2.24, 2.45) is 0 Å². The number of nitrogens with one attached hydrogen (secondary N) is 1. The summed E-state index contributed by atoms with van der Waals surface area (Å²) < 4.78 is 13.0. The number of benzene rings is 1. The van der Waals surface area contributed by atoms with E-state index < -0.39 is 0 Å². The van der Waals surface area contributed by atoms with Crippen molar-refractivity contribution in [3.05, 3.63) is 96.0 Å². The van der Waals surface area contributed by atoms with E-state index in [4.69, 9.17) is 9.26 Å². The van der Waals surface area contributed by atoms with Gasteiger partial charge in [0, 0.05) is 35.9 Å². The molecule has 4 aromatic heterocycles. The fourth-order valence-corrected chi connectivity index (χ4v) is 3.31. The summed E-state index contributed by atoms with van der Waals surface area (Å²) in [4.78, 5) is 25.4. The highest BCUT2D eigenvalue weighted by Gasteiger charge is 2.12. The smallest absolute Gasteiger partial charge is 0.251 e. The van der Waals surface area contributed by atoms with Crippen molar-refractivity contribution < 1.29 is 14.1 Å². The first-order valence-corrected chi connectivity index (χ1v) is 10.3. The van der Waals surface area contributed by atoms with Crippen LogP contribution in [0.3, 0.4) is 0 Å². The van der Waals surface area contributed by atoms with Gasteiger partial charge in [0.2, 0.25) is 11.7 Å². The third kappa shape index (κ3) is 4.72. The van der Waals surface area contributed by atoms with Crippen molar-refractivity contribution >= 4 is 11.6 Å². The van der Waals surface area contributed by atoms with Gasteiger partial charge in [0.25, 0.3) is 5.91 Å². The van der Waals surface area contributed by atoms with Crippen LogP contribution in [-0.2, 0) is 13.2 Å². The van der Waals surface area contributed by atoms with Crippen LogP contribution in [0.2, 0.25) is 0 Å². The normalized spacial score (nSPS) is 10.9. The zero-order chi connectivity index (χ0) is 22.6. The number of fused-ring (bicyclic) bond motifs is 1. The summed E-state index contributed by atoms with van der Waals surface area (Å²) in [5, 5.41) is 6.72. The molecule has 164 valence electrons. The average molecular weight is 440 g/mol. The predicted molar refractivity (Wildman–Crippen MR) is 119 cm³/mol. The molecule has 0 aliphatic carbocycles. The molecular formula is C24H20N6O3. The second-order valence-electron chi connectivity index (χ2n) is 7.45. The maximum absolute atomic E-state index is 12.6. The van der Waals surface area contributed by atoms with Crippen LogP contribution < -0.4 is 10.1 Å². The summed E-state index contributed by atoms with van der Waals surface area (Å²) in [7, 11) is 0. The Morgan fingerprint density at radius 1 is 1.09 bits per heavy atom. The number of pyridine rings is 2. The summed E-state index contributed by atoms with van der Waals surface area (Å²) in [6, 6.07) is 14.5. The van der Waals surface area contributed by atoms with E-state index in [1.165, 1.54) is 0 Å². The van der Waals surface area contributed by atoms with Crippen LogP contribution in [0.4, 0.5) is 0 Å². The van der Waals surface area contributed by atoms with Gasteiger partial charge in [-0.05, 0) is 48.9 Å². The molecule has 5 aromatic rings. The Labute approximate surface area is 189 Å². The second kappa shape index (κ2) is 8.91. The molecule has 0 radical (unpaired) electrons. The van der Waals surface area contributed by atoms with Gasteiger partial charge in [-0.3, -0.25) is 9.78 Å². The van der Waals surface area contributed by atoms with Gasteiger partial charge in [0.1, 0.15) is 18.0 Å². The Morgan fingerprint density at radius 2 is 1.97 bits per heavy atom. The summed E-state index contributed by atoms with van der Waals surface area (Å²) in [5.41, 5.74) is 4.07. The Balaban J connectivity index is 1.19. The van der Waals surface area contributed by atoms with Crippen molar-refractivity contribution in [1.29, 1.82) is 0 Å². The summed E-state index contributed by atoms with van der Waals surface area (Å²) in [6.07, 6.45) is 7.25. The summed E-state index contributed by atoms with van der Waals surface area (Å²) >= 11 is 0. The number of ether oxygens (including phenoxy) is 1. The molecule has 1 amide bonds. The maximum Gasteiger partial charge on any atom is 0.251 e. The van der Waals surface area contributed by atoms with Gasteiger partial charge >= 0.3 is 0 Å². The lowest BCUT2D eigenvalue weighted by Gasteiger charge is -2.07. The molecule has 9 heteroatoms. The van der Waals surface area contributed by atoms with Gasteiger partial charge in [-0.2, -0.15) is 4.98 Å². The molecule has 9 nitrogen and oxygen atoms in total. The van der Waals surface area contributed by atoms with Crippen LogP contribution in [0.1, 0.15) is 27.5 Å². The van der Waals surface area contributed by atoms with Gasteiger partial charge in [0.05, 0.1) is 12.2 Å². The third-order valence-electron chi connectivity index (χ3n) is 4.94. The highest BCUT2D eigenvalue weighted by molar-refractivity contribution is 5.94. The first-order valence-electron chi connectivity index (χ1n) is 10.3. The van der Waals surface area contributed by atoms with Gasteiger partial charge in [-0.25, -0.2) is 4.98 Å². The minimum Gasteiger partial charge on any atom is -0.487 e. The minimum atomic E-state index is -0.271. The minimum absolute atomic E-state index is 0.114. The number of hydrogen-bond acceptors (Lipinski definition) is 7. The zero-order valence-electron chi connectivity index (χ0n) is 17.8. The van der Waals surface area contributed by atoms with Crippen LogP contribution in [0.25, 0.3) is 17.0 Å². The lowest BCUT2D eigenvalue weighted by molar-refractivity contribution is 0.0945. The predicted octanol–water partition coefficient (Wildman–Crippen LogP) is 3.60. The molecule has 0 spiro atoms. The topological polar surface area (TPSA) is 107 Å². The number of imidazole rings is 1. The van der Waals surface area contributed by atoms with E-state index >= 15 is 0 Å². The molecule has 1 aromatic carbocycles. The fraction of sp³-hybridized carbons (Fsp3) is 0.125. The van der Waals surface area contributed by atoms with Crippen LogP contribution in [0.5, 0.6) is 5.75 Å². The first-order chi connectivity index (χ1) is 16.1. The van der Waals surface area contributed by atoms with Crippen LogP contribution in [-0.4, -0.2) is 30.4 Å². The Bertz CT molecular complexity index is 1410. The van der Waals surface area contributed by atoms with E-state index in [1.54, 1.807) is 48.8 Å². The SMILES string of the molecule is Cc1ccc2nc(COc3cccc(C(=O)NCc4nc(-c5ccncc5)no4)c3)cn2c1. The number of carbonyl (C=O) groups is 1. The van der Waals surface area contributed by atoms with Crippen LogP contribution >= 0.6 is 0 Å².